The minimum absolute atomic E-state index is 0.0357. The molecule has 1 heterocycles. The topological polar surface area (TPSA) is 131 Å². The zero-order valence-electron chi connectivity index (χ0n) is 18.0. The Hall–Kier alpha value is -3.07. The first-order valence-corrected chi connectivity index (χ1v) is 11.3. The lowest BCUT2D eigenvalue weighted by Gasteiger charge is -2.59. The fourth-order valence-corrected chi connectivity index (χ4v) is 6.83. The van der Waals surface area contributed by atoms with Crippen LogP contribution in [0.3, 0.4) is 0 Å². The molecule has 0 radical (unpaired) electrons. The minimum atomic E-state index is -1.11. The van der Waals surface area contributed by atoms with Crippen LogP contribution in [0.25, 0.3) is 0 Å². The third-order valence-electron chi connectivity index (χ3n) is 7.60. The number of aromatic carboxylic acids is 1. The molecule has 2 unspecified atom stereocenters. The van der Waals surface area contributed by atoms with Crippen LogP contribution in [0.15, 0.2) is 29.2 Å². The summed E-state index contributed by atoms with van der Waals surface area (Å²) in [6.07, 6.45) is 5.47. The summed E-state index contributed by atoms with van der Waals surface area (Å²) in [6.45, 7) is 0. The van der Waals surface area contributed by atoms with E-state index in [0.717, 1.165) is 19.3 Å². The number of ether oxygens (including phenoxy) is 1. The van der Waals surface area contributed by atoms with Crippen molar-refractivity contribution in [1.82, 2.24) is 9.78 Å². The summed E-state index contributed by atoms with van der Waals surface area (Å²) < 4.78 is 6.60. The summed E-state index contributed by atoms with van der Waals surface area (Å²) in [5.74, 6) is -1.47. The highest BCUT2D eigenvalue weighted by atomic mass is 35.5. The molecule has 0 amide bonds. The van der Waals surface area contributed by atoms with E-state index < -0.39 is 29.0 Å². The van der Waals surface area contributed by atoms with Crippen molar-refractivity contribution in [3.05, 3.63) is 45.3 Å². The van der Waals surface area contributed by atoms with E-state index in [9.17, 15) is 24.6 Å². The molecule has 174 valence electrons. The Morgan fingerprint density at radius 2 is 1.88 bits per heavy atom. The number of rotatable bonds is 6. The number of nitrogens with one attached hydrogen (secondary N) is 1. The number of anilines is 2. The number of benzene rings is 1. The van der Waals surface area contributed by atoms with E-state index in [2.05, 4.69) is 10.4 Å². The van der Waals surface area contributed by atoms with Gasteiger partial charge in [0.15, 0.2) is 0 Å². The SMILES string of the molecule is COc1ccc(C(=O)O)cc1Nc1cnn(C23C[C@@H]4CC(C[C@@H](C4)C2)[C@H]3C(=O)O)c(=O)c1Cl. The van der Waals surface area contributed by atoms with Gasteiger partial charge in [-0.1, -0.05) is 11.6 Å². The van der Waals surface area contributed by atoms with E-state index in [4.69, 9.17) is 16.3 Å². The van der Waals surface area contributed by atoms with Crippen molar-refractivity contribution in [2.45, 2.75) is 37.6 Å². The molecule has 9 nitrogen and oxygen atoms in total. The van der Waals surface area contributed by atoms with Crippen LogP contribution < -0.4 is 15.6 Å². The fourth-order valence-electron chi connectivity index (χ4n) is 6.65. The number of carbonyl (C=O) groups is 2. The second kappa shape index (κ2) is 7.76. The lowest BCUT2D eigenvalue weighted by molar-refractivity contribution is -0.168. The maximum Gasteiger partial charge on any atom is 0.335 e. The van der Waals surface area contributed by atoms with Crippen LogP contribution in [0.5, 0.6) is 5.75 Å². The lowest BCUT2D eigenvalue weighted by Crippen LogP contribution is -2.63. The number of hydrogen-bond donors (Lipinski definition) is 3. The molecule has 4 saturated carbocycles. The van der Waals surface area contributed by atoms with Crippen LogP contribution in [-0.2, 0) is 10.3 Å². The Kier molecular flexibility index (Phi) is 5.12. The van der Waals surface area contributed by atoms with E-state index in [1.807, 2.05) is 0 Å². The summed E-state index contributed by atoms with van der Waals surface area (Å²) in [4.78, 5) is 37.0. The predicted molar refractivity (Wildman–Crippen MR) is 119 cm³/mol. The number of hydrogen-bond acceptors (Lipinski definition) is 6. The Balaban J connectivity index is 1.55. The van der Waals surface area contributed by atoms with Gasteiger partial charge in [0, 0.05) is 0 Å². The van der Waals surface area contributed by atoms with Crippen LogP contribution in [0.2, 0.25) is 5.02 Å². The maximum atomic E-state index is 13.4. The second-order valence-corrected chi connectivity index (χ2v) is 9.84. The van der Waals surface area contributed by atoms with Crippen LogP contribution in [0.1, 0.15) is 42.5 Å². The normalized spacial score (nSPS) is 29.6. The van der Waals surface area contributed by atoms with Crippen LogP contribution in [-0.4, -0.2) is 39.0 Å². The first-order chi connectivity index (χ1) is 15.7. The van der Waals surface area contributed by atoms with E-state index in [-0.39, 0.29) is 22.2 Å². The van der Waals surface area contributed by atoms with Crippen molar-refractivity contribution in [2.75, 3.05) is 12.4 Å². The van der Waals surface area contributed by atoms with Gasteiger partial charge >= 0.3 is 11.9 Å². The summed E-state index contributed by atoms with van der Waals surface area (Å²) in [7, 11) is 1.44. The molecule has 4 bridgehead atoms. The van der Waals surface area contributed by atoms with Crippen molar-refractivity contribution in [3.8, 4) is 5.75 Å². The largest absolute Gasteiger partial charge is 0.495 e. The number of aromatic nitrogens is 2. The Morgan fingerprint density at radius 3 is 2.48 bits per heavy atom. The monoisotopic (exact) mass is 473 g/mol. The number of aliphatic carboxylic acids is 1. The van der Waals surface area contributed by atoms with Gasteiger partial charge in [0.2, 0.25) is 0 Å². The molecule has 0 aliphatic heterocycles. The molecule has 33 heavy (non-hydrogen) atoms. The first-order valence-electron chi connectivity index (χ1n) is 10.9. The van der Waals surface area contributed by atoms with Gasteiger partial charge < -0.3 is 20.3 Å². The van der Waals surface area contributed by atoms with Gasteiger partial charge in [0.05, 0.1) is 41.7 Å². The average Bonchev–Trinajstić information content (AvgIpc) is 2.75. The molecule has 2 aromatic rings. The van der Waals surface area contributed by atoms with Gasteiger partial charge in [-0.3, -0.25) is 9.59 Å². The molecule has 0 spiro atoms. The van der Waals surface area contributed by atoms with Crippen LogP contribution in [0, 0.1) is 23.7 Å². The zero-order valence-corrected chi connectivity index (χ0v) is 18.7. The minimum Gasteiger partial charge on any atom is -0.495 e. The highest BCUT2D eigenvalue weighted by Crippen LogP contribution is 2.61. The van der Waals surface area contributed by atoms with E-state index >= 15 is 0 Å². The van der Waals surface area contributed by atoms with Gasteiger partial charge in [0.25, 0.3) is 5.56 Å². The van der Waals surface area contributed by atoms with Gasteiger partial charge in [-0.15, -0.1) is 0 Å². The highest BCUT2D eigenvalue weighted by molar-refractivity contribution is 6.33. The summed E-state index contributed by atoms with van der Waals surface area (Å²) in [5, 5.41) is 26.6. The van der Waals surface area contributed by atoms with Gasteiger partial charge in [-0.25, -0.2) is 9.48 Å². The number of nitrogens with zero attached hydrogens (tertiary/aromatic N) is 2. The van der Waals surface area contributed by atoms with E-state index in [0.29, 0.717) is 36.1 Å². The Morgan fingerprint density at radius 1 is 1.18 bits per heavy atom. The molecule has 4 aliphatic rings. The molecule has 1 aromatic carbocycles. The molecule has 4 fully saturated rings. The van der Waals surface area contributed by atoms with E-state index in [1.54, 1.807) is 0 Å². The standard InChI is InChI=1S/C23H24ClN3O6/c1-33-17-3-2-13(21(29)30)7-15(17)26-16-10-25-27(20(28)19(16)24)23-8-11-4-12(9-23)6-14(5-11)18(23)22(31)32/h2-3,7,10-12,14,18,26H,4-6,8-9H2,1H3,(H,29,30)(H,31,32)/t11-,12+,14?,18-,23?/m0/s1. The fraction of sp³-hybridized carbons (Fsp3) is 0.478. The maximum absolute atomic E-state index is 13.4. The van der Waals surface area contributed by atoms with E-state index in [1.165, 1.54) is 36.2 Å². The second-order valence-electron chi connectivity index (χ2n) is 9.46. The van der Waals surface area contributed by atoms with Crippen molar-refractivity contribution in [2.24, 2.45) is 23.7 Å². The molecule has 10 heteroatoms. The van der Waals surface area contributed by atoms with Gasteiger partial charge in [-0.2, -0.15) is 5.10 Å². The predicted octanol–water partition coefficient (Wildman–Crippen LogP) is 3.58. The molecule has 0 saturated heterocycles. The molecular formula is C23H24ClN3O6. The Bertz CT molecular complexity index is 1200. The van der Waals surface area contributed by atoms with Crippen molar-refractivity contribution in [1.29, 1.82) is 0 Å². The van der Waals surface area contributed by atoms with Gasteiger partial charge in [0.1, 0.15) is 10.8 Å². The number of methoxy groups -OCH3 is 1. The molecule has 3 N–H and O–H groups in total. The molecule has 4 aliphatic carbocycles. The smallest absolute Gasteiger partial charge is 0.335 e. The molecule has 6 rings (SSSR count). The quantitative estimate of drug-likeness (QED) is 0.580. The summed E-state index contributed by atoms with van der Waals surface area (Å²) in [5.41, 5.74) is -0.885. The summed E-state index contributed by atoms with van der Waals surface area (Å²) in [6, 6.07) is 4.28. The van der Waals surface area contributed by atoms with Crippen LogP contribution in [0.4, 0.5) is 11.4 Å². The Labute approximate surface area is 194 Å². The highest BCUT2D eigenvalue weighted by Gasteiger charge is 2.61. The third kappa shape index (κ3) is 3.37. The summed E-state index contributed by atoms with van der Waals surface area (Å²) >= 11 is 6.47. The van der Waals surface area contributed by atoms with Gasteiger partial charge in [-0.05, 0) is 68.1 Å². The van der Waals surface area contributed by atoms with Crippen molar-refractivity contribution >= 4 is 34.9 Å². The third-order valence-corrected chi connectivity index (χ3v) is 7.96. The number of carboxylic acid groups (broad SMARTS) is 2. The molecule has 5 atom stereocenters. The number of halogens is 1. The van der Waals surface area contributed by atoms with Crippen molar-refractivity contribution < 1.29 is 24.5 Å². The zero-order chi connectivity index (χ0) is 23.5. The molecular weight excluding hydrogens is 450 g/mol. The molecule has 1 aromatic heterocycles. The first kappa shape index (κ1) is 21.8. The lowest BCUT2D eigenvalue weighted by atomic mass is 9.48. The number of carboxylic acids is 2. The average molecular weight is 474 g/mol. The van der Waals surface area contributed by atoms with Crippen LogP contribution >= 0.6 is 11.6 Å². The van der Waals surface area contributed by atoms with Crippen molar-refractivity contribution in [3.63, 3.8) is 0 Å².